The third-order valence-corrected chi connectivity index (χ3v) is 4.65. The molecule has 1 saturated heterocycles. The number of aromatic nitrogens is 2. The van der Waals surface area contributed by atoms with Crippen LogP contribution in [-0.2, 0) is 11.4 Å². The highest BCUT2D eigenvalue weighted by Crippen LogP contribution is 2.38. The standard InChI is InChI=1S/C19H19N5O3/c25-18(14-4-3-7-20-12-14)22-21-17-15-5-1-2-6-16(15)24(19(17)26)13-23-8-10-27-11-9-23/h1-7,12,26H,8-11,13H2/p+1. The van der Waals surface area contributed by atoms with Gasteiger partial charge < -0.3 is 14.7 Å². The number of aromatic hydroxyl groups is 1. The maximum atomic E-state index is 12.2. The lowest BCUT2D eigenvalue weighted by atomic mass is 10.2. The summed E-state index contributed by atoms with van der Waals surface area (Å²) >= 11 is 0. The van der Waals surface area contributed by atoms with Crippen LogP contribution in [0.1, 0.15) is 10.4 Å². The zero-order chi connectivity index (χ0) is 18.6. The fraction of sp³-hybridized carbons (Fsp3) is 0.263. The number of rotatable bonds is 4. The summed E-state index contributed by atoms with van der Waals surface area (Å²) < 4.78 is 7.22. The van der Waals surface area contributed by atoms with Crippen LogP contribution in [0.2, 0.25) is 0 Å². The van der Waals surface area contributed by atoms with Gasteiger partial charge in [-0.1, -0.05) is 18.2 Å². The number of fused-ring (bicyclic) bond motifs is 1. The SMILES string of the molecule is O=C(N=Nc1c(O)n(C[NH+]2CCOCC2)c2ccccc12)c1cccnc1. The molecule has 138 valence electrons. The Kier molecular flexibility index (Phi) is 4.91. The molecule has 0 bridgehead atoms. The first-order valence-corrected chi connectivity index (χ1v) is 8.81. The van der Waals surface area contributed by atoms with Gasteiger partial charge in [0.2, 0.25) is 5.88 Å². The Labute approximate surface area is 155 Å². The van der Waals surface area contributed by atoms with E-state index in [1.54, 1.807) is 18.3 Å². The van der Waals surface area contributed by atoms with Crippen molar-refractivity contribution in [3.8, 4) is 5.88 Å². The third kappa shape index (κ3) is 3.57. The summed E-state index contributed by atoms with van der Waals surface area (Å²) in [5, 5.41) is 19.4. The zero-order valence-corrected chi connectivity index (χ0v) is 14.7. The van der Waals surface area contributed by atoms with Gasteiger partial charge in [-0.25, -0.2) is 0 Å². The normalized spacial score (nSPS) is 15.6. The Bertz CT molecular complexity index is 978. The molecule has 1 aliphatic rings. The summed E-state index contributed by atoms with van der Waals surface area (Å²) in [5.41, 5.74) is 1.51. The van der Waals surface area contributed by atoms with E-state index in [1.807, 2.05) is 28.8 Å². The molecule has 4 rings (SSSR count). The Morgan fingerprint density at radius 2 is 2.04 bits per heavy atom. The summed E-state index contributed by atoms with van der Waals surface area (Å²) in [6.07, 6.45) is 3.02. The molecular weight excluding hydrogens is 346 g/mol. The number of quaternary nitrogens is 1. The molecule has 1 aromatic carbocycles. The Balaban J connectivity index is 1.67. The quantitative estimate of drug-likeness (QED) is 0.685. The molecule has 0 radical (unpaired) electrons. The highest BCUT2D eigenvalue weighted by Gasteiger charge is 2.21. The topological polar surface area (TPSA) is 93.5 Å². The number of carbonyl (C=O) groups excluding carboxylic acids is 1. The average Bonchev–Trinajstić information content (AvgIpc) is 2.99. The molecule has 1 aliphatic heterocycles. The van der Waals surface area contributed by atoms with Crippen LogP contribution in [0.4, 0.5) is 5.69 Å². The van der Waals surface area contributed by atoms with Gasteiger partial charge in [-0.15, -0.1) is 10.2 Å². The van der Waals surface area contributed by atoms with E-state index in [9.17, 15) is 9.90 Å². The number of nitrogens with zero attached hydrogens (tertiary/aromatic N) is 4. The minimum Gasteiger partial charge on any atom is -0.493 e. The molecule has 0 unspecified atom stereocenters. The summed E-state index contributed by atoms with van der Waals surface area (Å²) in [6.45, 7) is 3.77. The largest absolute Gasteiger partial charge is 0.493 e. The van der Waals surface area contributed by atoms with Gasteiger partial charge in [0.15, 0.2) is 12.4 Å². The molecule has 1 fully saturated rings. The van der Waals surface area contributed by atoms with Crippen LogP contribution in [0.5, 0.6) is 5.88 Å². The zero-order valence-electron chi connectivity index (χ0n) is 14.7. The first-order chi connectivity index (χ1) is 13.2. The highest BCUT2D eigenvalue weighted by molar-refractivity contribution is 5.97. The number of morpholine rings is 1. The molecule has 0 atom stereocenters. The number of benzene rings is 1. The molecule has 0 spiro atoms. The number of hydrogen-bond acceptors (Lipinski definition) is 5. The van der Waals surface area contributed by atoms with Gasteiger partial charge in [0.1, 0.15) is 13.1 Å². The van der Waals surface area contributed by atoms with Crippen LogP contribution in [0.3, 0.4) is 0 Å². The van der Waals surface area contributed by atoms with Crippen molar-refractivity contribution >= 4 is 22.5 Å². The fourth-order valence-corrected chi connectivity index (χ4v) is 3.21. The van der Waals surface area contributed by atoms with E-state index in [0.717, 1.165) is 24.0 Å². The predicted molar refractivity (Wildman–Crippen MR) is 98.2 cm³/mol. The molecular formula is C19H20N5O3+. The van der Waals surface area contributed by atoms with E-state index in [-0.39, 0.29) is 5.88 Å². The number of pyridine rings is 1. The van der Waals surface area contributed by atoms with Gasteiger partial charge in [-0.2, -0.15) is 0 Å². The molecule has 27 heavy (non-hydrogen) atoms. The number of amides is 1. The van der Waals surface area contributed by atoms with Gasteiger partial charge in [-0.05, 0) is 18.2 Å². The van der Waals surface area contributed by atoms with Crippen molar-refractivity contribution in [2.45, 2.75) is 6.67 Å². The number of azo groups is 1. The Hall–Kier alpha value is -3.10. The summed E-state index contributed by atoms with van der Waals surface area (Å²) in [4.78, 5) is 17.4. The van der Waals surface area contributed by atoms with Gasteiger partial charge in [0, 0.05) is 17.8 Å². The van der Waals surface area contributed by atoms with Crippen molar-refractivity contribution in [1.29, 1.82) is 0 Å². The van der Waals surface area contributed by atoms with Crippen molar-refractivity contribution in [2.24, 2.45) is 10.2 Å². The van der Waals surface area contributed by atoms with E-state index in [2.05, 4.69) is 15.2 Å². The van der Waals surface area contributed by atoms with Gasteiger partial charge in [0.25, 0.3) is 5.91 Å². The summed E-state index contributed by atoms with van der Waals surface area (Å²) in [7, 11) is 0. The smallest absolute Gasteiger partial charge is 0.296 e. The van der Waals surface area contributed by atoms with Gasteiger partial charge in [0.05, 0.1) is 24.3 Å². The molecule has 8 heteroatoms. The molecule has 8 nitrogen and oxygen atoms in total. The molecule has 2 N–H and O–H groups in total. The van der Waals surface area contributed by atoms with Crippen LogP contribution < -0.4 is 4.90 Å². The van der Waals surface area contributed by atoms with Crippen LogP contribution in [0, 0.1) is 0 Å². The predicted octanol–water partition coefficient (Wildman–Crippen LogP) is 1.54. The molecule has 3 heterocycles. The molecule has 0 aliphatic carbocycles. The van der Waals surface area contributed by atoms with E-state index in [4.69, 9.17) is 4.74 Å². The Morgan fingerprint density at radius 3 is 2.81 bits per heavy atom. The summed E-state index contributed by atoms with van der Waals surface area (Å²) in [5.74, 6) is -0.490. The second-order valence-corrected chi connectivity index (χ2v) is 6.38. The Morgan fingerprint density at radius 1 is 1.22 bits per heavy atom. The minimum atomic E-state index is -0.502. The number of carbonyl (C=O) groups is 1. The lowest BCUT2D eigenvalue weighted by molar-refractivity contribution is -0.930. The van der Waals surface area contributed by atoms with Crippen LogP contribution in [0.25, 0.3) is 10.9 Å². The maximum Gasteiger partial charge on any atom is 0.296 e. The third-order valence-electron chi connectivity index (χ3n) is 4.65. The van der Waals surface area contributed by atoms with Crippen molar-refractivity contribution in [2.75, 3.05) is 26.3 Å². The molecule has 0 saturated carbocycles. The average molecular weight is 366 g/mol. The first kappa shape index (κ1) is 17.3. The highest BCUT2D eigenvalue weighted by atomic mass is 16.5. The van der Waals surface area contributed by atoms with E-state index < -0.39 is 5.91 Å². The monoisotopic (exact) mass is 366 g/mol. The first-order valence-electron chi connectivity index (χ1n) is 8.81. The van der Waals surface area contributed by atoms with Crippen LogP contribution >= 0.6 is 0 Å². The van der Waals surface area contributed by atoms with Crippen molar-refractivity contribution < 1.29 is 19.5 Å². The van der Waals surface area contributed by atoms with Crippen molar-refractivity contribution in [1.82, 2.24) is 9.55 Å². The van der Waals surface area contributed by atoms with Gasteiger partial charge >= 0.3 is 0 Å². The summed E-state index contributed by atoms with van der Waals surface area (Å²) in [6, 6.07) is 10.9. The van der Waals surface area contributed by atoms with E-state index in [0.29, 0.717) is 31.1 Å². The maximum absolute atomic E-state index is 12.2. The molecule has 3 aromatic rings. The van der Waals surface area contributed by atoms with Crippen LogP contribution in [0.15, 0.2) is 59.0 Å². The van der Waals surface area contributed by atoms with E-state index >= 15 is 0 Å². The van der Waals surface area contributed by atoms with Gasteiger partial charge in [-0.3, -0.25) is 14.3 Å². The number of hydrogen-bond donors (Lipinski definition) is 2. The van der Waals surface area contributed by atoms with E-state index in [1.165, 1.54) is 11.1 Å². The lowest BCUT2D eigenvalue weighted by Gasteiger charge is -2.24. The molecule has 1 amide bonds. The second kappa shape index (κ2) is 7.65. The van der Waals surface area contributed by atoms with Crippen molar-refractivity contribution in [3.63, 3.8) is 0 Å². The lowest BCUT2D eigenvalue weighted by Crippen LogP contribution is -3.13. The second-order valence-electron chi connectivity index (χ2n) is 6.38. The molecule has 2 aromatic heterocycles. The number of ether oxygens (including phenoxy) is 1. The minimum absolute atomic E-state index is 0.0120. The van der Waals surface area contributed by atoms with Crippen LogP contribution in [-0.4, -0.2) is 46.9 Å². The number of nitrogens with one attached hydrogen (secondary N) is 1. The fourth-order valence-electron chi connectivity index (χ4n) is 3.21. The number of para-hydroxylation sites is 1. The van der Waals surface area contributed by atoms with Crippen molar-refractivity contribution in [3.05, 3.63) is 54.4 Å².